The van der Waals surface area contributed by atoms with Gasteiger partial charge in [0.2, 0.25) is 5.91 Å². The van der Waals surface area contributed by atoms with Crippen LogP contribution < -0.4 is 5.32 Å². The minimum absolute atomic E-state index is 0.0641. The zero-order valence-electron chi connectivity index (χ0n) is 10.3. The number of hydrogen-bond acceptors (Lipinski definition) is 3. The number of benzene rings is 1. The van der Waals surface area contributed by atoms with Crippen molar-refractivity contribution < 1.29 is 19.4 Å². The van der Waals surface area contributed by atoms with E-state index in [0.717, 1.165) is 0 Å². The molecule has 1 aromatic rings. The van der Waals surface area contributed by atoms with E-state index in [9.17, 15) is 9.59 Å². The Labute approximate surface area is 106 Å². The first-order valence-corrected chi connectivity index (χ1v) is 5.80. The Morgan fingerprint density at radius 3 is 2.72 bits per heavy atom. The van der Waals surface area contributed by atoms with Gasteiger partial charge >= 0.3 is 5.97 Å². The van der Waals surface area contributed by atoms with Gasteiger partial charge in [-0.3, -0.25) is 4.79 Å². The standard InChI is InChI=1S/C13H17NO4/c1-2-18-8-7-14-12(15)9-10-5-3-4-6-11(10)13(16)17/h3-6H,2,7-9H2,1H3,(H,14,15)(H,16,17). The fourth-order valence-corrected chi connectivity index (χ4v) is 1.53. The monoisotopic (exact) mass is 251 g/mol. The quantitative estimate of drug-likeness (QED) is 0.711. The molecule has 0 unspecified atom stereocenters. The molecule has 2 N–H and O–H groups in total. The Bertz CT molecular complexity index is 417. The maximum Gasteiger partial charge on any atom is 0.335 e. The lowest BCUT2D eigenvalue weighted by Gasteiger charge is -2.07. The lowest BCUT2D eigenvalue weighted by molar-refractivity contribution is -0.120. The molecule has 0 spiro atoms. The molecule has 0 radical (unpaired) electrons. The van der Waals surface area contributed by atoms with Crippen LogP contribution in [0.25, 0.3) is 0 Å². The smallest absolute Gasteiger partial charge is 0.335 e. The highest BCUT2D eigenvalue weighted by molar-refractivity contribution is 5.91. The molecule has 0 heterocycles. The van der Waals surface area contributed by atoms with Gasteiger partial charge in [0.05, 0.1) is 18.6 Å². The first kappa shape index (κ1) is 14.2. The van der Waals surface area contributed by atoms with Crippen LogP contribution in [0.15, 0.2) is 24.3 Å². The Morgan fingerprint density at radius 1 is 1.33 bits per heavy atom. The molecule has 1 amide bonds. The van der Waals surface area contributed by atoms with E-state index in [-0.39, 0.29) is 17.9 Å². The molecule has 5 heteroatoms. The van der Waals surface area contributed by atoms with Crippen molar-refractivity contribution >= 4 is 11.9 Å². The summed E-state index contributed by atoms with van der Waals surface area (Å²) in [6, 6.07) is 6.49. The van der Waals surface area contributed by atoms with Crippen LogP contribution in [0.4, 0.5) is 0 Å². The Morgan fingerprint density at radius 2 is 2.06 bits per heavy atom. The molecular weight excluding hydrogens is 234 g/mol. The van der Waals surface area contributed by atoms with E-state index in [0.29, 0.717) is 25.3 Å². The van der Waals surface area contributed by atoms with Gasteiger partial charge in [0.25, 0.3) is 0 Å². The molecule has 98 valence electrons. The van der Waals surface area contributed by atoms with E-state index in [1.54, 1.807) is 18.2 Å². The highest BCUT2D eigenvalue weighted by Crippen LogP contribution is 2.09. The van der Waals surface area contributed by atoms with E-state index in [2.05, 4.69) is 5.32 Å². The highest BCUT2D eigenvalue weighted by Gasteiger charge is 2.11. The molecule has 0 saturated heterocycles. The number of carboxylic acid groups (broad SMARTS) is 1. The van der Waals surface area contributed by atoms with Gasteiger partial charge in [-0.2, -0.15) is 0 Å². The third kappa shape index (κ3) is 4.55. The molecular formula is C13H17NO4. The minimum Gasteiger partial charge on any atom is -0.478 e. The lowest BCUT2D eigenvalue weighted by atomic mass is 10.0. The summed E-state index contributed by atoms with van der Waals surface area (Å²) in [6.07, 6.45) is 0.0641. The van der Waals surface area contributed by atoms with Crippen molar-refractivity contribution in [1.82, 2.24) is 5.32 Å². The third-order valence-electron chi connectivity index (χ3n) is 2.37. The number of carbonyl (C=O) groups is 2. The lowest BCUT2D eigenvalue weighted by Crippen LogP contribution is -2.29. The second-order valence-corrected chi connectivity index (χ2v) is 3.69. The van der Waals surface area contributed by atoms with E-state index in [4.69, 9.17) is 9.84 Å². The van der Waals surface area contributed by atoms with Crippen LogP contribution in [-0.2, 0) is 16.0 Å². The van der Waals surface area contributed by atoms with E-state index >= 15 is 0 Å². The average Bonchev–Trinajstić information content (AvgIpc) is 2.35. The molecule has 1 rings (SSSR count). The molecule has 0 saturated carbocycles. The summed E-state index contributed by atoms with van der Waals surface area (Å²) in [6.45, 7) is 3.38. The van der Waals surface area contributed by atoms with Crippen molar-refractivity contribution in [1.29, 1.82) is 0 Å². The van der Waals surface area contributed by atoms with Crippen LogP contribution >= 0.6 is 0 Å². The van der Waals surface area contributed by atoms with E-state index in [1.807, 2.05) is 6.92 Å². The number of nitrogens with one attached hydrogen (secondary N) is 1. The van der Waals surface area contributed by atoms with Crippen molar-refractivity contribution in [3.8, 4) is 0 Å². The van der Waals surface area contributed by atoms with Crippen LogP contribution in [0, 0.1) is 0 Å². The van der Waals surface area contributed by atoms with Gasteiger partial charge in [0.1, 0.15) is 0 Å². The molecule has 0 fully saturated rings. The first-order valence-electron chi connectivity index (χ1n) is 5.80. The van der Waals surface area contributed by atoms with Gasteiger partial charge in [-0.1, -0.05) is 18.2 Å². The number of aromatic carboxylic acids is 1. The fourth-order valence-electron chi connectivity index (χ4n) is 1.53. The van der Waals surface area contributed by atoms with Crippen molar-refractivity contribution in [2.45, 2.75) is 13.3 Å². The molecule has 1 aromatic carbocycles. The van der Waals surface area contributed by atoms with Crippen LogP contribution in [-0.4, -0.2) is 36.7 Å². The molecule has 0 bridgehead atoms. The van der Waals surface area contributed by atoms with Gasteiger partial charge in [-0.15, -0.1) is 0 Å². The molecule has 5 nitrogen and oxygen atoms in total. The fraction of sp³-hybridized carbons (Fsp3) is 0.385. The van der Waals surface area contributed by atoms with Crippen molar-refractivity contribution in [3.05, 3.63) is 35.4 Å². The summed E-state index contributed by atoms with van der Waals surface area (Å²) < 4.78 is 5.09. The molecule has 0 atom stereocenters. The third-order valence-corrected chi connectivity index (χ3v) is 2.37. The predicted molar refractivity (Wildman–Crippen MR) is 66.6 cm³/mol. The number of hydrogen-bond donors (Lipinski definition) is 2. The number of carboxylic acids is 1. The molecule has 0 aliphatic carbocycles. The van der Waals surface area contributed by atoms with Crippen LogP contribution in [0.3, 0.4) is 0 Å². The zero-order valence-corrected chi connectivity index (χ0v) is 10.3. The van der Waals surface area contributed by atoms with Gasteiger partial charge < -0.3 is 15.2 Å². The summed E-state index contributed by atoms with van der Waals surface area (Å²) >= 11 is 0. The topological polar surface area (TPSA) is 75.6 Å². The Hall–Kier alpha value is -1.88. The summed E-state index contributed by atoms with van der Waals surface area (Å²) in [5.41, 5.74) is 0.677. The van der Waals surface area contributed by atoms with Crippen LogP contribution in [0.5, 0.6) is 0 Å². The zero-order chi connectivity index (χ0) is 13.4. The maximum absolute atomic E-state index is 11.6. The van der Waals surface area contributed by atoms with E-state index < -0.39 is 5.97 Å². The van der Waals surface area contributed by atoms with Crippen molar-refractivity contribution in [3.63, 3.8) is 0 Å². The summed E-state index contributed by atoms with van der Waals surface area (Å²) in [5.74, 6) is -1.23. The van der Waals surface area contributed by atoms with Crippen molar-refractivity contribution in [2.24, 2.45) is 0 Å². The van der Waals surface area contributed by atoms with Crippen LogP contribution in [0.2, 0.25) is 0 Å². The molecule has 0 aliphatic rings. The average molecular weight is 251 g/mol. The van der Waals surface area contributed by atoms with Gasteiger partial charge in [-0.25, -0.2) is 4.79 Å². The number of amides is 1. The molecule has 18 heavy (non-hydrogen) atoms. The van der Waals surface area contributed by atoms with E-state index in [1.165, 1.54) is 6.07 Å². The summed E-state index contributed by atoms with van der Waals surface area (Å²) in [5, 5.41) is 11.6. The van der Waals surface area contributed by atoms with Gasteiger partial charge in [0, 0.05) is 13.2 Å². The van der Waals surface area contributed by atoms with Gasteiger partial charge in [0.15, 0.2) is 0 Å². The van der Waals surface area contributed by atoms with Crippen molar-refractivity contribution in [2.75, 3.05) is 19.8 Å². The number of rotatable bonds is 7. The summed E-state index contributed by atoms with van der Waals surface area (Å²) in [7, 11) is 0. The molecule has 0 aromatic heterocycles. The number of carbonyl (C=O) groups excluding carboxylic acids is 1. The first-order chi connectivity index (χ1) is 8.65. The normalized spacial score (nSPS) is 10.1. The minimum atomic E-state index is -1.02. The van der Waals surface area contributed by atoms with Crippen LogP contribution in [0.1, 0.15) is 22.8 Å². The maximum atomic E-state index is 11.6. The SMILES string of the molecule is CCOCCNC(=O)Cc1ccccc1C(=O)O. The Balaban J connectivity index is 2.51. The second kappa shape index (κ2) is 7.45. The van der Waals surface area contributed by atoms with Gasteiger partial charge in [-0.05, 0) is 18.6 Å². The number of ether oxygens (including phenoxy) is 1. The largest absolute Gasteiger partial charge is 0.478 e. The summed E-state index contributed by atoms with van der Waals surface area (Å²) in [4.78, 5) is 22.5. The second-order valence-electron chi connectivity index (χ2n) is 3.69. The highest BCUT2D eigenvalue weighted by atomic mass is 16.5. The predicted octanol–water partition coefficient (Wildman–Crippen LogP) is 1.08. The Kier molecular flexibility index (Phi) is 5.87. The molecule has 0 aliphatic heterocycles.